The maximum absolute atomic E-state index is 2.38. The van der Waals surface area contributed by atoms with Crippen LogP contribution in [0.15, 0.2) is 133 Å². The highest BCUT2D eigenvalue weighted by molar-refractivity contribution is 8.30. The zero-order valence-electron chi connectivity index (χ0n) is 21.2. The fraction of sp³-hybridized carbons (Fsp3) is 0.0909. The summed E-state index contributed by atoms with van der Waals surface area (Å²) < 4.78 is 0. The van der Waals surface area contributed by atoms with Crippen LogP contribution in [0, 0.1) is 20.8 Å². The average Bonchev–Trinajstić information content (AvgIpc) is 2.91. The summed E-state index contributed by atoms with van der Waals surface area (Å²) in [7, 11) is -1.38. The van der Waals surface area contributed by atoms with E-state index in [1.165, 1.54) is 43.4 Å². The first-order valence-corrected chi connectivity index (χ1v) is 15.3. The van der Waals surface area contributed by atoms with Crippen molar-refractivity contribution in [1.29, 1.82) is 0 Å². The zero-order valence-corrected chi connectivity index (χ0v) is 23.0. The summed E-state index contributed by atoms with van der Waals surface area (Å²) in [5.41, 5.74) is 5.64. The van der Waals surface area contributed by atoms with Gasteiger partial charge in [0, 0.05) is 0 Å². The van der Waals surface area contributed by atoms with Gasteiger partial charge in [-0.1, -0.05) is 171 Å². The van der Waals surface area contributed by atoms with Crippen LogP contribution in [0.5, 0.6) is 0 Å². The first-order valence-electron chi connectivity index (χ1n) is 12.5. The van der Waals surface area contributed by atoms with Gasteiger partial charge in [0.1, 0.15) is 0 Å². The van der Waals surface area contributed by atoms with E-state index in [1.54, 1.807) is 0 Å². The molecule has 0 bridgehead atoms. The van der Waals surface area contributed by atoms with E-state index < -0.39 is 15.6 Å². The summed E-state index contributed by atoms with van der Waals surface area (Å²) in [5, 5.41) is 5.73. The lowest BCUT2D eigenvalue weighted by Gasteiger charge is -2.35. The van der Waals surface area contributed by atoms with E-state index in [0.717, 1.165) is 0 Å². The molecule has 0 N–H and O–H groups in total. The van der Waals surface area contributed by atoms with Crippen molar-refractivity contribution in [3.8, 4) is 0 Å². The Morgan fingerprint density at radius 1 is 0.417 bits per heavy atom. The standard InChI is InChI=1S/C33H31BP2/c1-26-24-27(2)33(28(3)25-26)34(35(29-16-8-4-9-17-29)30-18-10-5-11-19-30)36(31-20-12-6-13-21-31)32-22-14-7-15-23-32/h4-25H,1-3H3. The second-order valence-corrected chi connectivity index (χ2v) is 14.3. The van der Waals surface area contributed by atoms with E-state index in [9.17, 15) is 0 Å². The molecule has 0 atom stereocenters. The van der Waals surface area contributed by atoms with Crippen molar-refractivity contribution in [2.24, 2.45) is 0 Å². The number of aryl methyl sites for hydroxylation is 3. The van der Waals surface area contributed by atoms with Crippen LogP contribution in [-0.4, -0.2) is 6.15 Å². The van der Waals surface area contributed by atoms with Gasteiger partial charge in [0.15, 0.2) is 0 Å². The molecule has 0 aliphatic heterocycles. The summed E-state index contributed by atoms with van der Waals surface area (Å²) in [4.78, 5) is 0. The Kier molecular flexibility index (Phi) is 7.82. The molecule has 0 saturated carbocycles. The van der Waals surface area contributed by atoms with Crippen LogP contribution in [0.25, 0.3) is 0 Å². The maximum Gasteiger partial charge on any atom is 0.252 e. The Hall–Kier alpha value is -2.98. The van der Waals surface area contributed by atoms with Gasteiger partial charge in [-0.3, -0.25) is 0 Å². The van der Waals surface area contributed by atoms with E-state index in [0.29, 0.717) is 6.15 Å². The highest BCUT2D eigenvalue weighted by Crippen LogP contribution is 2.53. The molecule has 5 rings (SSSR count). The van der Waals surface area contributed by atoms with Crippen LogP contribution in [0.1, 0.15) is 16.7 Å². The third kappa shape index (κ3) is 5.24. The van der Waals surface area contributed by atoms with Crippen LogP contribution >= 0.6 is 15.6 Å². The van der Waals surface area contributed by atoms with Gasteiger partial charge in [0.25, 0.3) is 6.15 Å². The molecule has 5 aromatic carbocycles. The SMILES string of the molecule is Cc1cc(C)c(B(P(c2ccccc2)c2ccccc2)P(c2ccccc2)c2ccccc2)c(C)c1. The van der Waals surface area contributed by atoms with E-state index in [2.05, 4.69) is 154 Å². The molecule has 0 fully saturated rings. The Labute approximate surface area is 218 Å². The molecule has 0 radical (unpaired) electrons. The van der Waals surface area contributed by atoms with E-state index >= 15 is 0 Å². The van der Waals surface area contributed by atoms with Crippen molar-refractivity contribution in [2.45, 2.75) is 20.8 Å². The van der Waals surface area contributed by atoms with Gasteiger partial charge in [-0.15, -0.1) is 0 Å². The van der Waals surface area contributed by atoms with Crippen LogP contribution in [0.2, 0.25) is 0 Å². The molecule has 5 aromatic rings. The molecule has 0 aromatic heterocycles. The van der Waals surface area contributed by atoms with Crippen LogP contribution in [-0.2, 0) is 0 Å². The molecular formula is C33H31BP2. The molecule has 0 amide bonds. The highest BCUT2D eigenvalue weighted by Gasteiger charge is 2.40. The molecule has 0 nitrogen and oxygen atoms in total. The molecule has 0 unspecified atom stereocenters. The second kappa shape index (κ2) is 11.4. The Bertz CT molecular complexity index is 1220. The van der Waals surface area contributed by atoms with Crippen LogP contribution < -0.4 is 26.7 Å². The van der Waals surface area contributed by atoms with Crippen LogP contribution in [0.4, 0.5) is 0 Å². The molecule has 36 heavy (non-hydrogen) atoms. The molecule has 0 aliphatic carbocycles. The van der Waals surface area contributed by atoms with Gasteiger partial charge < -0.3 is 0 Å². The first-order chi connectivity index (χ1) is 17.6. The molecular weight excluding hydrogens is 469 g/mol. The van der Waals surface area contributed by atoms with Crippen molar-refractivity contribution in [1.82, 2.24) is 0 Å². The van der Waals surface area contributed by atoms with Crippen LogP contribution in [0.3, 0.4) is 0 Å². The normalized spacial score (nSPS) is 11.1. The summed E-state index contributed by atoms with van der Waals surface area (Å²) >= 11 is 0. The summed E-state index contributed by atoms with van der Waals surface area (Å²) in [6.07, 6.45) is 0.338. The minimum Gasteiger partial charge on any atom is -0.0666 e. The predicted molar refractivity (Wildman–Crippen MR) is 164 cm³/mol. The fourth-order valence-corrected chi connectivity index (χ4v) is 12.7. The third-order valence-electron chi connectivity index (χ3n) is 6.62. The van der Waals surface area contributed by atoms with Crippen molar-refractivity contribution in [2.75, 3.05) is 0 Å². The second-order valence-electron chi connectivity index (χ2n) is 9.27. The van der Waals surface area contributed by atoms with Crippen molar-refractivity contribution in [3.63, 3.8) is 0 Å². The number of benzene rings is 5. The Morgan fingerprint density at radius 3 is 0.972 bits per heavy atom. The molecule has 0 spiro atoms. The Morgan fingerprint density at radius 2 is 0.694 bits per heavy atom. The van der Waals surface area contributed by atoms with Gasteiger partial charge in [-0.2, -0.15) is 0 Å². The van der Waals surface area contributed by atoms with Gasteiger partial charge in [0.2, 0.25) is 0 Å². The number of hydrogen-bond donors (Lipinski definition) is 0. The quantitative estimate of drug-likeness (QED) is 0.175. The lowest BCUT2D eigenvalue weighted by molar-refractivity contribution is 1.35. The van der Waals surface area contributed by atoms with E-state index in [-0.39, 0.29) is 0 Å². The maximum atomic E-state index is 2.38. The van der Waals surface area contributed by atoms with Crippen molar-refractivity contribution in [3.05, 3.63) is 150 Å². The Balaban J connectivity index is 1.86. The largest absolute Gasteiger partial charge is 0.252 e. The van der Waals surface area contributed by atoms with Gasteiger partial charge in [0.05, 0.1) is 0 Å². The summed E-state index contributed by atoms with van der Waals surface area (Å²) in [6.45, 7) is 6.85. The lowest BCUT2D eigenvalue weighted by Crippen LogP contribution is -2.42. The fourth-order valence-electron chi connectivity index (χ4n) is 5.19. The number of rotatable bonds is 7. The molecule has 3 heteroatoms. The third-order valence-corrected chi connectivity index (χ3v) is 12.9. The van der Waals surface area contributed by atoms with Gasteiger partial charge >= 0.3 is 0 Å². The number of hydrogen-bond acceptors (Lipinski definition) is 0. The zero-order chi connectivity index (χ0) is 24.9. The molecule has 0 saturated heterocycles. The smallest absolute Gasteiger partial charge is 0.0666 e. The lowest BCUT2D eigenvalue weighted by atomic mass is 9.83. The van der Waals surface area contributed by atoms with Crippen molar-refractivity contribution >= 4 is 48.4 Å². The average molecular weight is 500 g/mol. The van der Waals surface area contributed by atoms with Gasteiger partial charge in [-0.05, 0) is 42.0 Å². The summed E-state index contributed by atoms with van der Waals surface area (Å²) in [5.74, 6) is 0. The van der Waals surface area contributed by atoms with Crippen molar-refractivity contribution < 1.29 is 0 Å². The summed E-state index contributed by atoms with van der Waals surface area (Å²) in [6, 6.07) is 49.6. The molecule has 176 valence electrons. The monoisotopic (exact) mass is 500 g/mol. The first kappa shape index (κ1) is 24.7. The topological polar surface area (TPSA) is 0 Å². The van der Waals surface area contributed by atoms with E-state index in [1.807, 2.05) is 0 Å². The predicted octanol–water partition coefficient (Wildman–Crippen LogP) is 6.57. The molecule has 0 heterocycles. The molecule has 0 aliphatic rings. The minimum absolute atomic E-state index is 0.338. The van der Waals surface area contributed by atoms with Gasteiger partial charge in [-0.25, -0.2) is 0 Å². The minimum atomic E-state index is -0.690. The highest BCUT2D eigenvalue weighted by atomic mass is 31.2. The van der Waals surface area contributed by atoms with E-state index in [4.69, 9.17) is 0 Å².